The molecule has 0 aromatic rings. The summed E-state index contributed by atoms with van der Waals surface area (Å²) in [4.78, 5) is 0. The predicted octanol–water partition coefficient (Wildman–Crippen LogP) is 2.87. The van der Waals surface area contributed by atoms with E-state index in [2.05, 4.69) is 25.7 Å². The lowest BCUT2D eigenvalue weighted by Gasteiger charge is -2.06. The zero-order valence-electron chi connectivity index (χ0n) is 12.3. The van der Waals surface area contributed by atoms with E-state index in [1.807, 2.05) is 0 Å². The molecule has 0 rings (SSSR count). The lowest BCUT2D eigenvalue weighted by Crippen LogP contribution is -2.17. The molecule has 0 aliphatic rings. The largest absolute Gasteiger partial charge is 0.498 e. The van der Waals surface area contributed by atoms with Crippen molar-refractivity contribution in [1.29, 1.82) is 0 Å². The molecule has 0 amide bonds. The van der Waals surface area contributed by atoms with Gasteiger partial charge in [-0.25, -0.2) is 0 Å². The van der Waals surface area contributed by atoms with E-state index in [1.54, 1.807) is 6.08 Å². The molecule has 2 N–H and O–H groups in total. The standard InChI is InChI=1S/C16H28O3/c1-3-15(2)11-9-7-5-4-6-8-10-12-19-14-16(18)13-17/h10,12,15-18H,3-5,7,9,11,13-14H2,1-2H3/b12-10+/t15?,16-/m0/s1. The quantitative estimate of drug-likeness (QED) is 0.364. The Morgan fingerprint density at radius 1 is 1.26 bits per heavy atom. The molecule has 0 aromatic heterocycles. The molecule has 0 saturated heterocycles. The third kappa shape index (κ3) is 13.3. The van der Waals surface area contributed by atoms with Crippen molar-refractivity contribution in [1.82, 2.24) is 0 Å². The van der Waals surface area contributed by atoms with Gasteiger partial charge in [-0.15, -0.1) is 0 Å². The number of hydrogen-bond acceptors (Lipinski definition) is 3. The lowest BCUT2D eigenvalue weighted by molar-refractivity contribution is 0.0385. The second kappa shape index (κ2) is 13.5. The SMILES string of the molecule is CCC(C)CCCCCC#C/C=C/OC[C@@H](O)CO. The summed E-state index contributed by atoms with van der Waals surface area (Å²) in [6.07, 6.45) is 9.49. The fourth-order valence-electron chi connectivity index (χ4n) is 1.52. The molecule has 0 radical (unpaired) electrons. The number of aliphatic hydroxyl groups is 2. The van der Waals surface area contributed by atoms with Crippen LogP contribution in [0.25, 0.3) is 0 Å². The van der Waals surface area contributed by atoms with Crippen molar-refractivity contribution in [2.45, 2.75) is 58.5 Å². The number of allylic oxidation sites excluding steroid dienone is 1. The Balaban J connectivity index is 3.37. The molecule has 0 aliphatic heterocycles. The van der Waals surface area contributed by atoms with Gasteiger partial charge in [-0.1, -0.05) is 51.4 Å². The van der Waals surface area contributed by atoms with Gasteiger partial charge in [0.05, 0.1) is 12.9 Å². The Hall–Kier alpha value is -0.980. The van der Waals surface area contributed by atoms with Crippen LogP contribution in [0, 0.1) is 17.8 Å². The monoisotopic (exact) mass is 268 g/mol. The van der Waals surface area contributed by atoms with E-state index in [0.717, 1.165) is 18.8 Å². The molecular weight excluding hydrogens is 240 g/mol. The summed E-state index contributed by atoms with van der Waals surface area (Å²) in [6, 6.07) is 0. The first-order chi connectivity index (χ1) is 9.20. The number of rotatable bonds is 10. The highest BCUT2D eigenvalue weighted by Crippen LogP contribution is 2.12. The van der Waals surface area contributed by atoms with Crippen molar-refractivity contribution in [2.24, 2.45) is 5.92 Å². The molecular formula is C16H28O3. The van der Waals surface area contributed by atoms with Gasteiger partial charge in [0.2, 0.25) is 0 Å². The second-order valence-electron chi connectivity index (χ2n) is 4.91. The molecule has 0 aromatic carbocycles. The number of unbranched alkanes of at least 4 members (excludes halogenated alkanes) is 3. The summed E-state index contributed by atoms with van der Waals surface area (Å²) in [5.74, 6) is 6.80. The van der Waals surface area contributed by atoms with E-state index in [9.17, 15) is 0 Å². The minimum Gasteiger partial charge on any atom is -0.498 e. The molecule has 0 bridgehead atoms. The number of ether oxygens (including phenoxy) is 1. The van der Waals surface area contributed by atoms with Gasteiger partial charge in [-0.2, -0.15) is 0 Å². The Bertz CT molecular complexity index is 275. The molecule has 1 unspecified atom stereocenters. The minimum absolute atomic E-state index is 0.101. The van der Waals surface area contributed by atoms with E-state index >= 15 is 0 Å². The van der Waals surface area contributed by atoms with Crippen molar-refractivity contribution < 1.29 is 14.9 Å². The van der Waals surface area contributed by atoms with Crippen LogP contribution in [-0.4, -0.2) is 29.5 Å². The van der Waals surface area contributed by atoms with Crippen LogP contribution in [0.1, 0.15) is 52.4 Å². The third-order valence-electron chi connectivity index (χ3n) is 3.04. The summed E-state index contributed by atoms with van der Waals surface area (Å²) >= 11 is 0. The maximum Gasteiger partial charge on any atom is 0.115 e. The van der Waals surface area contributed by atoms with E-state index in [-0.39, 0.29) is 13.2 Å². The Labute approximate surface area is 117 Å². The van der Waals surface area contributed by atoms with Gasteiger partial charge < -0.3 is 14.9 Å². The molecule has 0 spiro atoms. The van der Waals surface area contributed by atoms with Gasteiger partial charge in [0.15, 0.2) is 0 Å². The van der Waals surface area contributed by atoms with E-state index < -0.39 is 6.10 Å². The van der Waals surface area contributed by atoms with Crippen molar-refractivity contribution in [3.8, 4) is 11.8 Å². The zero-order valence-corrected chi connectivity index (χ0v) is 12.3. The number of aliphatic hydroxyl groups excluding tert-OH is 2. The first-order valence-corrected chi connectivity index (χ1v) is 7.24. The average Bonchev–Trinajstić information content (AvgIpc) is 2.43. The van der Waals surface area contributed by atoms with Crippen LogP contribution in [0.15, 0.2) is 12.3 Å². The highest BCUT2D eigenvalue weighted by atomic mass is 16.5. The Morgan fingerprint density at radius 2 is 2.05 bits per heavy atom. The summed E-state index contributed by atoms with van der Waals surface area (Å²) < 4.78 is 4.98. The second-order valence-corrected chi connectivity index (χ2v) is 4.91. The first-order valence-electron chi connectivity index (χ1n) is 7.24. The van der Waals surface area contributed by atoms with Gasteiger partial charge in [0, 0.05) is 12.5 Å². The van der Waals surface area contributed by atoms with Gasteiger partial charge in [-0.05, 0) is 12.3 Å². The fourth-order valence-corrected chi connectivity index (χ4v) is 1.52. The average molecular weight is 268 g/mol. The highest BCUT2D eigenvalue weighted by Gasteiger charge is 1.98. The summed E-state index contributed by atoms with van der Waals surface area (Å²) in [5.41, 5.74) is 0. The normalized spacial score (nSPS) is 13.9. The Kier molecular flexibility index (Phi) is 12.8. The lowest BCUT2D eigenvalue weighted by atomic mass is 10.0. The van der Waals surface area contributed by atoms with Crippen molar-refractivity contribution >= 4 is 0 Å². The molecule has 19 heavy (non-hydrogen) atoms. The van der Waals surface area contributed by atoms with Crippen LogP contribution < -0.4 is 0 Å². The maximum absolute atomic E-state index is 8.99. The Morgan fingerprint density at radius 3 is 2.74 bits per heavy atom. The van der Waals surface area contributed by atoms with Crippen LogP contribution in [0.3, 0.4) is 0 Å². The van der Waals surface area contributed by atoms with Crippen LogP contribution >= 0.6 is 0 Å². The topological polar surface area (TPSA) is 49.7 Å². The third-order valence-corrected chi connectivity index (χ3v) is 3.04. The van der Waals surface area contributed by atoms with Crippen LogP contribution in [0.4, 0.5) is 0 Å². The first kappa shape index (κ1) is 18.0. The van der Waals surface area contributed by atoms with Crippen LogP contribution in [0.5, 0.6) is 0 Å². The maximum atomic E-state index is 8.99. The van der Waals surface area contributed by atoms with Gasteiger partial charge in [0.25, 0.3) is 0 Å². The van der Waals surface area contributed by atoms with Crippen LogP contribution in [0.2, 0.25) is 0 Å². The van der Waals surface area contributed by atoms with Gasteiger partial charge in [-0.3, -0.25) is 0 Å². The smallest absolute Gasteiger partial charge is 0.115 e. The minimum atomic E-state index is -0.817. The summed E-state index contributed by atoms with van der Waals surface area (Å²) in [6.45, 7) is 4.36. The summed E-state index contributed by atoms with van der Waals surface area (Å²) in [5, 5.41) is 17.5. The molecule has 110 valence electrons. The highest BCUT2D eigenvalue weighted by molar-refractivity contribution is 5.13. The van der Waals surface area contributed by atoms with E-state index in [1.165, 1.54) is 31.9 Å². The molecule has 0 fully saturated rings. The molecule has 0 saturated carbocycles. The van der Waals surface area contributed by atoms with Gasteiger partial charge >= 0.3 is 0 Å². The molecule has 2 atom stereocenters. The van der Waals surface area contributed by atoms with Crippen molar-refractivity contribution in [3.05, 3.63) is 12.3 Å². The van der Waals surface area contributed by atoms with Crippen molar-refractivity contribution in [3.63, 3.8) is 0 Å². The molecule has 0 aliphatic carbocycles. The zero-order chi connectivity index (χ0) is 14.3. The van der Waals surface area contributed by atoms with E-state index in [0.29, 0.717) is 0 Å². The van der Waals surface area contributed by atoms with Crippen LogP contribution in [-0.2, 0) is 4.74 Å². The predicted molar refractivity (Wildman–Crippen MR) is 78.5 cm³/mol. The van der Waals surface area contributed by atoms with E-state index in [4.69, 9.17) is 14.9 Å². The molecule has 3 heteroatoms. The molecule has 3 nitrogen and oxygen atoms in total. The van der Waals surface area contributed by atoms with Crippen molar-refractivity contribution in [2.75, 3.05) is 13.2 Å². The number of hydrogen-bond donors (Lipinski definition) is 2. The van der Waals surface area contributed by atoms with Gasteiger partial charge in [0.1, 0.15) is 12.7 Å². The summed E-state index contributed by atoms with van der Waals surface area (Å²) in [7, 11) is 0. The fraction of sp³-hybridized carbons (Fsp3) is 0.750. The molecule has 0 heterocycles.